The molecule has 0 radical (unpaired) electrons. The number of β-amino-alcohol motifs (C(OH)–C–C–N with tert-alkyl or cyclic N) is 1. The Morgan fingerprint density at radius 1 is 1.11 bits per heavy atom. The van der Waals surface area contributed by atoms with Gasteiger partial charge in [0.15, 0.2) is 0 Å². The van der Waals surface area contributed by atoms with Crippen LogP contribution in [0.25, 0.3) is 10.9 Å². The molecule has 0 spiro atoms. The molecule has 196 valence electrons. The van der Waals surface area contributed by atoms with Gasteiger partial charge in [0.1, 0.15) is 49.2 Å². The molecular formula is C28H28ClN5O4. The van der Waals surface area contributed by atoms with Crippen molar-refractivity contribution < 1.29 is 19.4 Å². The number of nitrogens with zero attached hydrogens (tertiary/aromatic N) is 4. The van der Waals surface area contributed by atoms with E-state index in [0.29, 0.717) is 48.4 Å². The number of hydrogen-bond donors (Lipinski definition) is 2. The number of aldehydes is 1. The molecule has 1 fully saturated rings. The highest BCUT2D eigenvalue weighted by Crippen LogP contribution is 2.34. The first-order valence-corrected chi connectivity index (χ1v) is 12.8. The Kier molecular flexibility index (Phi) is 8.28. The number of anilines is 2. The molecule has 0 unspecified atom stereocenters. The zero-order valence-corrected chi connectivity index (χ0v) is 21.4. The van der Waals surface area contributed by atoms with Crippen LogP contribution in [-0.2, 0) is 11.4 Å². The van der Waals surface area contributed by atoms with E-state index < -0.39 is 6.10 Å². The number of aliphatic hydroxyl groups is 1. The molecule has 10 heteroatoms. The summed E-state index contributed by atoms with van der Waals surface area (Å²) < 4.78 is 12.1. The lowest BCUT2D eigenvalue weighted by Gasteiger charge is -2.25. The second kappa shape index (κ2) is 12.2. The first kappa shape index (κ1) is 25.8. The second-order valence-corrected chi connectivity index (χ2v) is 9.47. The summed E-state index contributed by atoms with van der Waals surface area (Å²) in [6, 6.07) is 16.9. The van der Waals surface area contributed by atoms with Crippen LogP contribution in [0.5, 0.6) is 11.5 Å². The first-order chi connectivity index (χ1) is 18.6. The van der Waals surface area contributed by atoms with Crippen LogP contribution in [-0.4, -0.2) is 63.1 Å². The minimum Gasteiger partial charge on any atom is -0.491 e. The lowest BCUT2D eigenvalue weighted by Crippen LogP contribution is -2.39. The number of aromatic nitrogens is 3. The highest BCUT2D eigenvalue weighted by Gasteiger charge is 2.27. The van der Waals surface area contributed by atoms with E-state index in [1.807, 2.05) is 42.5 Å². The number of halogens is 1. The molecule has 1 saturated heterocycles. The quantitative estimate of drug-likeness (QED) is 0.271. The predicted octanol–water partition coefficient (Wildman–Crippen LogP) is 4.40. The highest BCUT2D eigenvalue weighted by atomic mass is 35.5. The number of fused-ring (bicyclic) bond motifs is 1. The summed E-state index contributed by atoms with van der Waals surface area (Å²) in [7, 11) is 0. The van der Waals surface area contributed by atoms with Crippen molar-refractivity contribution in [1.29, 1.82) is 0 Å². The first-order valence-electron chi connectivity index (χ1n) is 12.4. The molecular weight excluding hydrogens is 506 g/mol. The summed E-state index contributed by atoms with van der Waals surface area (Å²) in [4.78, 5) is 26.1. The molecule has 2 atom stereocenters. The summed E-state index contributed by atoms with van der Waals surface area (Å²) in [6.07, 6.45) is 4.73. The van der Waals surface area contributed by atoms with Crippen LogP contribution < -0.4 is 14.8 Å². The number of benzene rings is 2. The number of hydrogen-bond acceptors (Lipinski definition) is 9. The van der Waals surface area contributed by atoms with Crippen LogP contribution in [0.3, 0.4) is 0 Å². The Balaban J connectivity index is 1.31. The lowest BCUT2D eigenvalue weighted by atomic mass is 10.2. The van der Waals surface area contributed by atoms with Crippen molar-refractivity contribution in [2.24, 2.45) is 0 Å². The summed E-state index contributed by atoms with van der Waals surface area (Å²) in [5, 5.41) is 14.3. The number of nitrogens with one attached hydrogen (secondary N) is 1. The highest BCUT2D eigenvalue weighted by molar-refractivity contribution is 6.32. The van der Waals surface area contributed by atoms with Crippen molar-refractivity contribution in [3.63, 3.8) is 0 Å². The van der Waals surface area contributed by atoms with Gasteiger partial charge in [-0.2, -0.15) is 0 Å². The van der Waals surface area contributed by atoms with E-state index in [-0.39, 0.29) is 6.04 Å². The fourth-order valence-electron chi connectivity index (χ4n) is 4.55. The average molecular weight is 534 g/mol. The standard InChI is InChI=1S/C28H28ClN5O4/c29-23-13-19(9-10-25(23)37-16-20-5-1-2-11-30-20)33-28-27-24(31-18-32-28)7-3-8-26(27)38-17-21-6-4-12-34(21)14-22(36)15-35/h1-3,5,7-11,13,15,18,21-22,36H,4,6,12,14,16-17H2,(H,31,32,33)/t21-,22-/m1/s1. The van der Waals surface area contributed by atoms with Gasteiger partial charge in [-0.15, -0.1) is 0 Å². The Bertz CT molecular complexity index is 1390. The van der Waals surface area contributed by atoms with Gasteiger partial charge in [0, 0.05) is 24.5 Å². The molecule has 3 heterocycles. The molecule has 9 nitrogen and oxygen atoms in total. The predicted molar refractivity (Wildman–Crippen MR) is 145 cm³/mol. The summed E-state index contributed by atoms with van der Waals surface area (Å²) in [6.45, 7) is 1.88. The average Bonchev–Trinajstić information content (AvgIpc) is 3.38. The molecule has 0 aliphatic carbocycles. The second-order valence-electron chi connectivity index (χ2n) is 9.06. The molecule has 2 aromatic heterocycles. The van der Waals surface area contributed by atoms with Gasteiger partial charge >= 0.3 is 0 Å². The molecule has 2 N–H and O–H groups in total. The maximum atomic E-state index is 10.9. The van der Waals surface area contributed by atoms with Gasteiger partial charge in [-0.25, -0.2) is 9.97 Å². The molecule has 0 saturated carbocycles. The van der Waals surface area contributed by atoms with Gasteiger partial charge in [0.05, 0.1) is 21.6 Å². The number of carbonyl (C=O) groups excluding carboxylic acids is 1. The fraction of sp³-hybridized carbons (Fsp3) is 0.286. The molecule has 1 aliphatic rings. The maximum absolute atomic E-state index is 10.9. The lowest BCUT2D eigenvalue weighted by molar-refractivity contribution is -0.115. The SMILES string of the molecule is O=C[C@H](O)CN1CCC[C@@H]1COc1cccc2ncnc(Nc3ccc(OCc4ccccn4)c(Cl)c3)c12. The van der Waals surface area contributed by atoms with E-state index in [2.05, 4.69) is 25.2 Å². The zero-order valence-electron chi connectivity index (χ0n) is 20.7. The van der Waals surface area contributed by atoms with Gasteiger partial charge in [0.2, 0.25) is 0 Å². The number of carbonyl (C=O) groups is 1. The maximum Gasteiger partial charge on any atom is 0.149 e. The smallest absolute Gasteiger partial charge is 0.149 e. The van der Waals surface area contributed by atoms with E-state index in [1.165, 1.54) is 6.33 Å². The minimum atomic E-state index is -0.990. The van der Waals surface area contributed by atoms with E-state index in [4.69, 9.17) is 21.1 Å². The van der Waals surface area contributed by atoms with Crippen molar-refractivity contribution >= 4 is 40.3 Å². The Morgan fingerprint density at radius 2 is 2.03 bits per heavy atom. The minimum absolute atomic E-state index is 0.110. The van der Waals surface area contributed by atoms with Gasteiger partial charge in [0.25, 0.3) is 0 Å². The van der Waals surface area contributed by atoms with Gasteiger partial charge in [-0.05, 0) is 61.9 Å². The van der Waals surface area contributed by atoms with Crippen molar-refractivity contribution in [2.45, 2.75) is 31.6 Å². The van der Waals surface area contributed by atoms with Crippen LogP contribution in [0.1, 0.15) is 18.5 Å². The molecule has 5 rings (SSSR count). The van der Waals surface area contributed by atoms with Crippen LogP contribution >= 0.6 is 11.6 Å². The molecule has 38 heavy (non-hydrogen) atoms. The normalized spacial score (nSPS) is 16.3. The Hall–Kier alpha value is -3.79. The Morgan fingerprint density at radius 3 is 2.84 bits per heavy atom. The fourth-order valence-corrected chi connectivity index (χ4v) is 4.79. The molecule has 2 aromatic carbocycles. The van der Waals surface area contributed by atoms with E-state index >= 15 is 0 Å². The van der Waals surface area contributed by atoms with Gasteiger partial charge in [-0.1, -0.05) is 23.7 Å². The van der Waals surface area contributed by atoms with Crippen molar-refractivity contribution in [3.8, 4) is 11.5 Å². The van der Waals surface area contributed by atoms with Crippen molar-refractivity contribution in [1.82, 2.24) is 19.9 Å². The number of likely N-dealkylation sites (tertiary alicyclic amines) is 1. The third-order valence-corrected chi connectivity index (χ3v) is 6.73. The van der Waals surface area contributed by atoms with Crippen LogP contribution in [0.2, 0.25) is 5.02 Å². The molecule has 1 aliphatic heterocycles. The van der Waals surface area contributed by atoms with Gasteiger partial charge < -0.3 is 24.7 Å². The van der Waals surface area contributed by atoms with Gasteiger partial charge in [-0.3, -0.25) is 9.88 Å². The molecule has 4 aromatic rings. The topological polar surface area (TPSA) is 110 Å². The largest absolute Gasteiger partial charge is 0.491 e. The number of pyridine rings is 1. The monoisotopic (exact) mass is 533 g/mol. The van der Waals surface area contributed by atoms with Crippen LogP contribution in [0, 0.1) is 0 Å². The number of rotatable bonds is 11. The van der Waals surface area contributed by atoms with E-state index in [9.17, 15) is 9.90 Å². The summed E-state index contributed by atoms with van der Waals surface area (Å²) in [5.41, 5.74) is 2.28. The van der Waals surface area contributed by atoms with Crippen LogP contribution in [0.15, 0.2) is 67.1 Å². The van der Waals surface area contributed by atoms with E-state index in [1.54, 1.807) is 18.3 Å². The van der Waals surface area contributed by atoms with Crippen LogP contribution in [0.4, 0.5) is 11.5 Å². The van der Waals surface area contributed by atoms with Crippen molar-refractivity contribution in [3.05, 3.63) is 77.8 Å². The molecule has 0 amide bonds. The van der Waals surface area contributed by atoms with E-state index in [0.717, 1.165) is 41.7 Å². The molecule has 0 bridgehead atoms. The number of aliphatic hydroxyl groups excluding tert-OH is 1. The summed E-state index contributed by atoms with van der Waals surface area (Å²) >= 11 is 6.51. The third kappa shape index (κ3) is 6.19. The zero-order chi connectivity index (χ0) is 26.3. The third-order valence-electron chi connectivity index (χ3n) is 6.43. The number of ether oxygens (including phenoxy) is 2. The Labute approximate surface area is 225 Å². The summed E-state index contributed by atoms with van der Waals surface area (Å²) in [5.74, 6) is 1.79. The van der Waals surface area contributed by atoms with Crippen molar-refractivity contribution in [2.75, 3.05) is 25.0 Å².